The van der Waals surface area contributed by atoms with Gasteiger partial charge >= 0.3 is 0 Å². The normalized spacial score (nSPS) is 15.5. The molecule has 1 heteroatoms. The molecule has 0 aromatic heterocycles. The van der Waals surface area contributed by atoms with E-state index < -0.39 is 0 Å². The van der Waals surface area contributed by atoms with Gasteiger partial charge in [-0.1, -0.05) is 30.8 Å². The first-order chi connectivity index (χ1) is 5.90. The van der Waals surface area contributed by atoms with Crippen molar-refractivity contribution in [2.45, 2.75) is 13.0 Å². The summed E-state index contributed by atoms with van der Waals surface area (Å²) in [5.74, 6) is 0. The molecule has 0 N–H and O–H groups in total. The van der Waals surface area contributed by atoms with Gasteiger partial charge in [0.1, 0.15) is 0 Å². The van der Waals surface area contributed by atoms with E-state index in [4.69, 9.17) is 0 Å². The molecular weight excluding hydrogens is 146 g/mol. The lowest BCUT2D eigenvalue weighted by molar-refractivity contribution is 0.354. The summed E-state index contributed by atoms with van der Waals surface area (Å²) < 4.78 is 0. The fraction of sp³-hybridized carbons (Fsp3) is 0.273. The molecule has 0 saturated heterocycles. The molecule has 0 aliphatic carbocycles. The summed E-state index contributed by atoms with van der Waals surface area (Å²) in [6, 6.07) is 8.63. The summed E-state index contributed by atoms with van der Waals surface area (Å²) in [5.41, 5.74) is 2.94. The van der Waals surface area contributed by atoms with Crippen molar-refractivity contribution in [2.75, 3.05) is 6.54 Å². The molecule has 1 aromatic carbocycles. The summed E-state index contributed by atoms with van der Waals surface area (Å²) in [5, 5.41) is 0. The Morgan fingerprint density at radius 3 is 2.75 bits per heavy atom. The average Bonchev–Trinajstić information content (AvgIpc) is 2.17. The van der Waals surface area contributed by atoms with Crippen LogP contribution < -0.4 is 0 Å². The van der Waals surface area contributed by atoms with Gasteiger partial charge in [0.05, 0.1) is 0 Å². The second-order valence-corrected chi connectivity index (χ2v) is 3.17. The van der Waals surface area contributed by atoms with E-state index in [9.17, 15) is 0 Å². The molecule has 1 aliphatic heterocycles. The van der Waals surface area contributed by atoms with Crippen molar-refractivity contribution in [1.29, 1.82) is 0 Å². The Morgan fingerprint density at radius 2 is 2.00 bits per heavy atom. The molecule has 1 aliphatic rings. The predicted molar refractivity (Wildman–Crippen MR) is 50.8 cm³/mol. The quantitative estimate of drug-likeness (QED) is 0.607. The first-order valence-corrected chi connectivity index (χ1v) is 4.33. The number of benzene rings is 1. The van der Waals surface area contributed by atoms with Crippen LogP contribution in [0.5, 0.6) is 0 Å². The molecular formula is C11H13N. The minimum Gasteiger partial charge on any atom is -0.373 e. The third-order valence-electron chi connectivity index (χ3n) is 2.42. The van der Waals surface area contributed by atoms with E-state index in [0.29, 0.717) is 0 Å². The number of hydrogen-bond donors (Lipinski definition) is 0. The second-order valence-electron chi connectivity index (χ2n) is 3.17. The Morgan fingerprint density at radius 1 is 1.25 bits per heavy atom. The zero-order valence-corrected chi connectivity index (χ0v) is 7.16. The van der Waals surface area contributed by atoms with Gasteiger partial charge in [0, 0.05) is 13.1 Å². The van der Waals surface area contributed by atoms with Crippen LogP contribution in [0, 0.1) is 0 Å². The maximum Gasteiger partial charge on any atom is 0.0426 e. The Kier molecular flexibility index (Phi) is 1.86. The van der Waals surface area contributed by atoms with Gasteiger partial charge in [0.2, 0.25) is 0 Å². The third-order valence-corrected chi connectivity index (χ3v) is 2.42. The third kappa shape index (κ3) is 1.22. The number of fused-ring (bicyclic) bond motifs is 1. The van der Waals surface area contributed by atoms with Crippen LogP contribution in [0.2, 0.25) is 0 Å². The zero-order valence-electron chi connectivity index (χ0n) is 7.16. The van der Waals surface area contributed by atoms with E-state index in [2.05, 4.69) is 35.7 Å². The van der Waals surface area contributed by atoms with Gasteiger partial charge in [-0.3, -0.25) is 0 Å². The lowest BCUT2D eigenvalue weighted by atomic mass is 10.0. The van der Waals surface area contributed by atoms with Crippen molar-refractivity contribution < 1.29 is 0 Å². The molecule has 1 nitrogen and oxygen atoms in total. The van der Waals surface area contributed by atoms with Gasteiger partial charge in [-0.15, -0.1) is 0 Å². The van der Waals surface area contributed by atoms with Gasteiger partial charge in [-0.2, -0.15) is 0 Å². The summed E-state index contributed by atoms with van der Waals surface area (Å²) in [7, 11) is 0. The van der Waals surface area contributed by atoms with Crippen molar-refractivity contribution in [3.05, 3.63) is 48.2 Å². The number of rotatable bonds is 1. The highest BCUT2D eigenvalue weighted by Crippen LogP contribution is 2.17. The van der Waals surface area contributed by atoms with Crippen molar-refractivity contribution >= 4 is 0 Å². The van der Waals surface area contributed by atoms with E-state index in [-0.39, 0.29) is 0 Å². The Hall–Kier alpha value is -1.24. The van der Waals surface area contributed by atoms with E-state index >= 15 is 0 Å². The molecule has 0 amide bonds. The summed E-state index contributed by atoms with van der Waals surface area (Å²) in [6.07, 6.45) is 3.08. The molecule has 62 valence electrons. The zero-order chi connectivity index (χ0) is 8.39. The van der Waals surface area contributed by atoms with Crippen molar-refractivity contribution in [3.8, 4) is 0 Å². The molecule has 0 bridgehead atoms. The highest BCUT2D eigenvalue weighted by Gasteiger charge is 2.11. The molecule has 2 rings (SSSR count). The van der Waals surface area contributed by atoms with Gasteiger partial charge in [0.15, 0.2) is 0 Å². The molecule has 1 aromatic rings. The first kappa shape index (κ1) is 7.41. The van der Waals surface area contributed by atoms with Crippen LogP contribution in [0.25, 0.3) is 0 Å². The SMILES string of the molecule is C=CN1CCc2ccccc2C1. The number of hydrogen-bond acceptors (Lipinski definition) is 1. The van der Waals surface area contributed by atoms with E-state index in [1.165, 1.54) is 11.1 Å². The van der Waals surface area contributed by atoms with Crippen LogP contribution in [0.3, 0.4) is 0 Å². The highest BCUT2D eigenvalue weighted by atomic mass is 15.1. The van der Waals surface area contributed by atoms with E-state index in [1.807, 2.05) is 6.20 Å². The lowest BCUT2D eigenvalue weighted by Crippen LogP contribution is -2.25. The fourth-order valence-electron chi connectivity index (χ4n) is 1.67. The van der Waals surface area contributed by atoms with Crippen LogP contribution in [0.15, 0.2) is 37.0 Å². The maximum absolute atomic E-state index is 3.78. The van der Waals surface area contributed by atoms with Gasteiger partial charge in [0.25, 0.3) is 0 Å². The fourth-order valence-corrected chi connectivity index (χ4v) is 1.67. The average molecular weight is 159 g/mol. The molecule has 0 spiro atoms. The van der Waals surface area contributed by atoms with Crippen molar-refractivity contribution in [2.24, 2.45) is 0 Å². The Labute approximate surface area is 73.3 Å². The monoisotopic (exact) mass is 159 g/mol. The van der Waals surface area contributed by atoms with Gasteiger partial charge in [-0.05, 0) is 23.7 Å². The molecule has 0 atom stereocenters. The van der Waals surface area contributed by atoms with Gasteiger partial charge < -0.3 is 4.90 Å². The summed E-state index contributed by atoms with van der Waals surface area (Å²) in [4.78, 5) is 2.25. The van der Waals surface area contributed by atoms with Crippen molar-refractivity contribution in [1.82, 2.24) is 4.90 Å². The van der Waals surface area contributed by atoms with E-state index in [0.717, 1.165) is 19.5 Å². The standard InChI is InChI=1S/C11H13N/c1-2-12-8-7-10-5-3-4-6-11(10)9-12/h2-6H,1,7-9H2. The van der Waals surface area contributed by atoms with Crippen molar-refractivity contribution in [3.63, 3.8) is 0 Å². The largest absolute Gasteiger partial charge is 0.373 e. The first-order valence-electron chi connectivity index (χ1n) is 4.33. The highest BCUT2D eigenvalue weighted by molar-refractivity contribution is 5.29. The van der Waals surface area contributed by atoms with Crippen LogP contribution in [-0.2, 0) is 13.0 Å². The van der Waals surface area contributed by atoms with Crippen LogP contribution in [-0.4, -0.2) is 11.4 Å². The molecule has 12 heavy (non-hydrogen) atoms. The van der Waals surface area contributed by atoms with E-state index in [1.54, 1.807) is 0 Å². The second kappa shape index (κ2) is 3.02. The topological polar surface area (TPSA) is 3.24 Å². The molecule has 0 radical (unpaired) electrons. The summed E-state index contributed by atoms with van der Waals surface area (Å²) >= 11 is 0. The molecule has 1 heterocycles. The number of nitrogens with zero attached hydrogens (tertiary/aromatic N) is 1. The minimum atomic E-state index is 1.03. The minimum absolute atomic E-state index is 1.03. The predicted octanol–water partition coefficient (Wildman–Crippen LogP) is 2.19. The van der Waals surface area contributed by atoms with Crippen LogP contribution >= 0.6 is 0 Å². The summed E-state index contributed by atoms with van der Waals surface area (Å²) in [6.45, 7) is 5.92. The van der Waals surface area contributed by atoms with Gasteiger partial charge in [-0.25, -0.2) is 0 Å². The Bertz CT molecular complexity index is 291. The lowest BCUT2D eigenvalue weighted by Gasteiger charge is -2.26. The maximum atomic E-state index is 3.78. The molecule has 0 unspecified atom stereocenters. The molecule has 0 fully saturated rings. The Balaban J connectivity index is 2.28. The smallest absolute Gasteiger partial charge is 0.0426 e. The van der Waals surface area contributed by atoms with Crippen LogP contribution in [0.1, 0.15) is 11.1 Å². The van der Waals surface area contributed by atoms with Crippen LogP contribution in [0.4, 0.5) is 0 Å². The molecule has 0 saturated carbocycles.